The van der Waals surface area contributed by atoms with Gasteiger partial charge < -0.3 is 15.6 Å². The van der Waals surface area contributed by atoms with Gasteiger partial charge in [-0.25, -0.2) is 0 Å². The number of nitrogens with zero attached hydrogens (tertiary/aromatic N) is 2. The first kappa shape index (κ1) is 15.5. The van der Waals surface area contributed by atoms with E-state index in [4.69, 9.17) is 10.5 Å². The van der Waals surface area contributed by atoms with Gasteiger partial charge in [0.2, 0.25) is 5.13 Å². The fourth-order valence-electron chi connectivity index (χ4n) is 2.27. The van der Waals surface area contributed by atoms with Crippen LogP contribution in [0.5, 0.6) is 0 Å². The molecule has 0 saturated heterocycles. The van der Waals surface area contributed by atoms with Gasteiger partial charge in [-0.3, -0.25) is 4.79 Å². The Morgan fingerprint density at radius 1 is 1.55 bits per heavy atom. The van der Waals surface area contributed by atoms with Crippen LogP contribution < -0.4 is 5.73 Å². The van der Waals surface area contributed by atoms with Crippen molar-refractivity contribution in [3.05, 3.63) is 0 Å². The minimum Gasteiger partial charge on any atom is -0.466 e. The monoisotopic (exact) mass is 317 g/mol. The number of carbonyl (C=O) groups excluding carboxylic acids is 1. The summed E-state index contributed by atoms with van der Waals surface area (Å²) in [6.45, 7) is 2.22. The SMILES string of the molecule is CCOC(=O)C1CCC(O)(CSc2nnc(N)s2)CC1. The highest BCUT2D eigenvalue weighted by atomic mass is 32.2. The molecule has 1 aliphatic carbocycles. The first-order valence-corrected chi connectivity index (χ1v) is 8.43. The fourth-order valence-corrected chi connectivity index (χ4v) is 4.06. The number of aliphatic hydroxyl groups is 1. The first-order chi connectivity index (χ1) is 9.52. The second-order valence-corrected chi connectivity index (χ2v) is 7.18. The maximum atomic E-state index is 11.7. The lowest BCUT2D eigenvalue weighted by molar-refractivity contribution is -0.150. The Bertz CT molecular complexity index is 459. The average molecular weight is 317 g/mol. The summed E-state index contributed by atoms with van der Waals surface area (Å²) < 4.78 is 5.79. The third-order valence-corrected chi connectivity index (χ3v) is 5.58. The van der Waals surface area contributed by atoms with Gasteiger partial charge in [0.05, 0.1) is 18.1 Å². The zero-order chi connectivity index (χ0) is 14.6. The van der Waals surface area contributed by atoms with Crippen LogP contribution in [-0.2, 0) is 9.53 Å². The molecule has 0 unspecified atom stereocenters. The van der Waals surface area contributed by atoms with Crippen LogP contribution in [0.4, 0.5) is 5.13 Å². The van der Waals surface area contributed by atoms with Crippen LogP contribution in [-0.4, -0.2) is 39.2 Å². The number of hydrogen-bond acceptors (Lipinski definition) is 8. The number of aromatic nitrogens is 2. The molecule has 6 nitrogen and oxygen atoms in total. The lowest BCUT2D eigenvalue weighted by Crippen LogP contribution is -2.38. The number of hydrogen-bond donors (Lipinski definition) is 2. The van der Waals surface area contributed by atoms with Gasteiger partial charge in [-0.15, -0.1) is 10.2 Å². The van der Waals surface area contributed by atoms with E-state index in [1.165, 1.54) is 23.1 Å². The van der Waals surface area contributed by atoms with E-state index in [9.17, 15) is 9.90 Å². The number of thioether (sulfide) groups is 1. The maximum Gasteiger partial charge on any atom is 0.308 e. The van der Waals surface area contributed by atoms with Crippen LogP contribution in [0.2, 0.25) is 0 Å². The number of nitrogens with two attached hydrogens (primary N) is 1. The summed E-state index contributed by atoms with van der Waals surface area (Å²) in [5, 5.41) is 18.6. The summed E-state index contributed by atoms with van der Waals surface area (Å²) in [7, 11) is 0. The molecule has 1 saturated carbocycles. The molecule has 0 bridgehead atoms. The van der Waals surface area contributed by atoms with Gasteiger partial charge in [-0.05, 0) is 32.6 Å². The number of carbonyl (C=O) groups is 1. The molecular weight excluding hydrogens is 298 g/mol. The molecule has 0 amide bonds. The maximum absolute atomic E-state index is 11.7. The number of nitrogen functional groups attached to an aromatic ring is 1. The molecule has 0 aromatic carbocycles. The van der Waals surface area contributed by atoms with E-state index in [2.05, 4.69) is 10.2 Å². The molecule has 2 rings (SSSR count). The Hall–Kier alpha value is -0.860. The number of rotatable bonds is 5. The van der Waals surface area contributed by atoms with Gasteiger partial charge >= 0.3 is 5.97 Å². The number of anilines is 1. The standard InChI is InChI=1S/C12H19N3O3S2/c1-2-18-9(16)8-3-5-12(17,6-4-8)7-19-11-15-14-10(13)20-11/h8,17H,2-7H2,1H3,(H2,13,14). The number of ether oxygens (including phenoxy) is 1. The van der Waals surface area contributed by atoms with E-state index in [1.807, 2.05) is 6.92 Å². The Labute approximate surface area is 126 Å². The summed E-state index contributed by atoms with van der Waals surface area (Å²) in [5.41, 5.74) is 4.78. The Balaban J connectivity index is 1.80. The van der Waals surface area contributed by atoms with Crippen molar-refractivity contribution in [3.8, 4) is 0 Å². The molecule has 20 heavy (non-hydrogen) atoms. The average Bonchev–Trinajstić information content (AvgIpc) is 2.84. The lowest BCUT2D eigenvalue weighted by atomic mass is 9.80. The van der Waals surface area contributed by atoms with Crippen LogP contribution >= 0.6 is 23.1 Å². The van der Waals surface area contributed by atoms with E-state index in [1.54, 1.807) is 0 Å². The number of esters is 1. The second kappa shape index (κ2) is 6.73. The van der Waals surface area contributed by atoms with E-state index in [0.29, 0.717) is 43.2 Å². The molecule has 1 aromatic rings. The van der Waals surface area contributed by atoms with Crippen molar-refractivity contribution >= 4 is 34.2 Å². The van der Waals surface area contributed by atoms with Crippen molar-refractivity contribution in [2.24, 2.45) is 5.92 Å². The Morgan fingerprint density at radius 2 is 2.25 bits per heavy atom. The fraction of sp³-hybridized carbons (Fsp3) is 0.750. The largest absolute Gasteiger partial charge is 0.466 e. The molecule has 1 heterocycles. The first-order valence-electron chi connectivity index (χ1n) is 6.63. The van der Waals surface area contributed by atoms with Crippen molar-refractivity contribution in [1.29, 1.82) is 0 Å². The van der Waals surface area contributed by atoms with E-state index in [-0.39, 0.29) is 11.9 Å². The highest BCUT2D eigenvalue weighted by Crippen LogP contribution is 2.37. The normalized spacial score (nSPS) is 26.4. The quantitative estimate of drug-likeness (QED) is 0.630. The molecule has 112 valence electrons. The smallest absolute Gasteiger partial charge is 0.308 e. The molecule has 0 spiro atoms. The minimum atomic E-state index is -0.742. The van der Waals surface area contributed by atoms with Crippen LogP contribution in [0.25, 0.3) is 0 Å². The molecule has 1 aromatic heterocycles. The van der Waals surface area contributed by atoms with Crippen molar-refractivity contribution < 1.29 is 14.6 Å². The molecule has 0 radical (unpaired) electrons. The predicted octanol–water partition coefficient (Wildman–Crippen LogP) is 1.70. The van der Waals surface area contributed by atoms with Crippen molar-refractivity contribution in [2.75, 3.05) is 18.1 Å². The molecule has 0 aliphatic heterocycles. The zero-order valence-electron chi connectivity index (χ0n) is 11.4. The van der Waals surface area contributed by atoms with Crippen LogP contribution in [0.1, 0.15) is 32.6 Å². The summed E-state index contributed by atoms with van der Waals surface area (Å²) in [4.78, 5) is 11.7. The van der Waals surface area contributed by atoms with Gasteiger partial charge in [0, 0.05) is 5.75 Å². The second-order valence-electron chi connectivity index (χ2n) is 4.95. The lowest BCUT2D eigenvalue weighted by Gasteiger charge is -2.34. The predicted molar refractivity (Wildman–Crippen MR) is 78.6 cm³/mol. The van der Waals surface area contributed by atoms with Crippen LogP contribution in [0.15, 0.2) is 4.34 Å². The molecule has 1 aliphatic rings. The van der Waals surface area contributed by atoms with E-state index in [0.717, 1.165) is 4.34 Å². The van der Waals surface area contributed by atoms with Gasteiger partial charge in [0.1, 0.15) is 0 Å². The highest BCUT2D eigenvalue weighted by molar-refractivity contribution is 8.01. The van der Waals surface area contributed by atoms with Gasteiger partial charge in [0.25, 0.3) is 0 Å². The van der Waals surface area contributed by atoms with Crippen molar-refractivity contribution in [1.82, 2.24) is 10.2 Å². The minimum absolute atomic E-state index is 0.0719. The van der Waals surface area contributed by atoms with Crippen molar-refractivity contribution in [2.45, 2.75) is 42.5 Å². The Morgan fingerprint density at radius 3 is 2.80 bits per heavy atom. The van der Waals surface area contributed by atoms with Gasteiger partial charge in [-0.1, -0.05) is 23.1 Å². The summed E-state index contributed by atoms with van der Waals surface area (Å²) in [6.07, 6.45) is 2.57. The summed E-state index contributed by atoms with van der Waals surface area (Å²) >= 11 is 2.79. The van der Waals surface area contributed by atoms with Gasteiger partial charge in [0.15, 0.2) is 4.34 Å². The van der Waals surface area contributed by atoms with E-state index < -0.39 is 5.60 Å². The highest BCUT2D eigenvalue weighted by Gasteiger charge is 2.36. The molecule has 3 N–H and O–H groups in total. The molecular formula is C12H19N3O3S2. The van der Waals surface area contributed by atoms with Gasteiger partial charge in [-0.2, -0.15) is 0 Å². The summed E-state index contributed by atoms with van der Waals surface area (Å²) in [6, 6.07) is 0. The van der Waals surface area contributed by atoms with Crippen LogP contribution in [0.3, 0.4) is 0 Å². The Kier molecular flexibility index (Phi) is 5.22. The van der Waals surface area contributed by atoms with E-state index >= 15 is 0 Å². The summed E-state index contributed by atoms with van der Waals surface area (Å²) in [5.74, 6) is 0.341. The van der Waals surface area contributed by atoms with Crippen molar-refractivity contribution in [3.63, 3.8) is 0 Å². The molecule has 0 atom stereocenters. The zero-order valence-corrected chi connectivity index (χ0v) is 13.0. The van der Waals surface area contributed by atoms with Crippen LogP contribution in [0, 0.1) is 5.92 Å². The molecule has 8 heteroatoms. The third-order valence-electron chi connectivity index (χ3n) is 3.42. The molecule has 1 fully saturated rings. The third kappa shape index (κ3) is 4.07. The topological polar surface area (TPSA) is 98.3 Å².